The number of hydrogen-bond acceptors (Lipinski definition) is 4. The lowest BCUT2D eigenvalue weighted by Gasteiger charge is -2.36. The van der Waals surface area contributed by atoms with Gasteiger partial charge >= 0.3 is 0 Å². The number of fused-ring (bicyclic) bond motifs is 2. The summed E-state index contributed by atoms with van der Waals surface area (Å²) in [5.41, 5.74) is 2.83. The Kier molecular flexibility index (Phi) is 5.40. The van der Waals surface area contributed by atoms with Crippen LogP contribution >= 0.6 is 0 Å². The van der Waals surface area contributed by atoms with E-state index in [-0.39, 0.29) is 18.4 Å². The fourth-order valence-corrected chi connectivity index (χ4v) is 4.51. The van der Waals surface area contributed by atoms with Crippen molar-refractivity contribution < 1.29 is 9.59 Å². The molecule has 0 bridgehead atoms. The molecular weight excluding hydrogens is 388 g/mol. The largest absolute Gasteiger partial charge is 0.323 e. The lowest BCUT2D eigenvalue weighted by atomic mass is 10.0. The van der Waals surface area contributed by atoms with E-state index in [0.717, 1.165) is 38.4 Å². The highest BCUT2D eigenvalue weighted by Gasteiger charge is 2.28. The fraction of sp³-hybridized carbons (Fsp3) is 0.280. The zero-order valence-electron chi connectivity index (χ0n) is 17.5. The van der Waals surface area contributed by atoms with Gasteiger partial charge < -0.3 is 5.32 Å². The number of rotatable bonds is 4. The molecule has 0 unspecified atom stereocenters. The third-order valence-electron chi connectivity index (χ3n) is 6.17. The van der Waals surface area contributed by atoms with E-state index in [4.69, 9.17) is 0 Å². The Labute approximate surface area is 182 Å². The van der Waals surface area contributed by atoms with Crippen LogP contribution in [0.15, 0.2) is 66.7 Å². The molecule has 0 saturated carbocycles. The first-order valence-corrected chi connectivity index (χ1v) is 10.8. The van der Waals surface area contributed by atoms with Gasteiger partial charge in [0.25, 0.3) is 0 Å². The molecule has 0 atom stereocenters. The van der Waals surface area contributed by atoms with Crippen molar-refractivity contribution in [3.05, 3.63) is 72.3 Å². The molecule has 0 aliphatic carbocycles. The first kappa shape index (κ1) is 19.7. The lowest BCUT2D eigenvalue weighted by Crippen LogP contribution is -2.51. The van der Waals surface area contributed by atoms with E-state index in [1.165, 1.54) is 16.3 Å². The quantitative estimate of drug-likeness (QED) is 0.713. The number of nitrogens with one attached hydrogen (secondary N) is 1. The van der Waals surface area contributed by atoms with Crippen molar-refractivity contribution in [2.45, 2.75) is 6.54 Å². The zero-order valence-corrected chi connectivity index (χ0v) is 17.5. The summed E-state index contributed by atoms with van der Waals surface area (Å²) in [6.45, 7) is 4.88. The Morgan fingerprint density at radius 3 is 2.42 bits per heavy atom. The van der Waals surface area contributed by atoms with Crippen LogP contribution in [0.2, 0.25) is 0 Å². The highest BCUT2D eigenvalue weighted by Crippen LogP contribution is 2.29. The topological polar surface area (TPSA) is 55.9 Å². The molecule has 0 spiro atoms. The van der Waals surface area contributed by atoms with Crippen LogP contribution in [0.3, 0.4) is 0 Å². The van der Waals surface area contributed by atoms with Gasteiger partial charge in [0.15, 0.2) is 0 Å². The second-order valence-electron chi connectivity index (χ2n) is 8.24. The van der Waals surface area contributed by atoms with Crippen molar-refractivity contribution in [2.75, 3.05) is 49.5 Å². The fourth-order valence-electron chi connectivity index (χ4n) is 4.51. The number of para-hydroxylation sites is 2. The number of benzene rings is 3. The van der Waals surface area contributed by atoms with Gasteiger partial charge in [-0.3, -0.25) is 24.3 Å². The minimum absolute atomic E-state index is 0.0233. The summed E-state index contributed by atoms with van der Waals surface area (Å²) >= 11 is 0. The van der Waals surface area contributed by atoms with Gasteiger partial charge in [-0.15, -0.1) is 0 Å². The molecule has 2 aliphatic rings. The Morgan fingerprint density at radius 1 is 0.839 bits per heavy atom. The molecule has 2 heterocycles. The van der Waals surface area contributed by atoms with E-state index < -0.39 is 0 Å². The van der Waals surface area contributed by atoms with E-state index in [2.05, 4.69) is 57.6 Å². The summed E-state index contributed by atoms with van der Waals surface area (Å²) in [5.74, 6) is -0.170. The molecular formula is C25H26N4O2. The van der Waals surface area contributed by atoms with Crippen molar-refractivity contribution in [3.8, 4) is 0 Å². The zero-order chi connectivity index (χ0) is 21.2. The standard InChI is InChI=1S/C25H26N4O2/c30-24-17-29(23-11-4-3-10-22(23)26-24)25(31)18-28-14-12-27(13-15-28)16-20-8-5-7-19-6-1-2-9-21(19)20/h1-11H,12-18H2,(H,26,30). The summed E-state index contributed by atoms with van der Waals surface area (Å²) < 4.78 is 0. The van der Waals surface area contributed by atoms with Gasteiger partial charge in [0.2, 0.25) is 11.8 Å². The van der Waals surface area contributed by atoms with E-state index >= 15 is 0 Å². The molecule has 3 aromatic carbocycles. The molecule has 2 amide bonds. The van der Waals surface area contributed by atoms with E-state index in [1.54, 1.807) is 4.90 Å². The van der Waals surface area contributed by atoms with Gasteiger partial charge in [-0.05, 0) is 28.5 Å². The molecule has 1 saturated heterocycles. The summed E-state index contributed by atoms with van der Waals surface area (Å²) in [6.07, 6.45) is 0. The van der Waals surface area contributed by atoms with E-state index in [0.29, 0.717) is 12.2 Å². The van der Waals surface area contributed by atoms with Gasteiger partial charge in [0.05, 0.1) is 17.9 Å². The SMILES string of the molecule is O=C1CN(C(=O)CN2CCN(Cc3cccc4ccccc34)CC2)c2ccccc2N1. The Balaban J connectivity index is 1.20. The van der Waals surface area contributed by atoms with Crippen LogP contribution in [-0.2, 0) is 16.1 Å². The van der Waals surface area contributed by atoms with Crippen LogP contribution in [0, 0.1) is 0 Å². The Morgan fingerprint density at radius 2 is 1.55 bits per heavy atom. The predicted octanol–water partition coefficient (Wildman–Crippen LogP) is 2.94. The second-order valence-corrected chi connectivity index (χ2v) is 8.24. The monoisotopic (exact) mass is 414 g/mol. The van der Waals surface area contributed by atoms with Crippen molar-refractivity contribution in [3.63, 3.8) is 0 Å². The minimum atomic E-state index is -0.146. The Bertz CT molecular complexity index is 1120. The number of anilines is 2. The van der Waals surface area contributed by atoms with Crippen molar-refractivity contribution in [1.82, 2.24) is 9.80 Å². The number of carbonyl (C=O) groups excluding carboxylic acids is 2. The number of nitrogens with zero attached hydrogens (tertiary/aromatic N) is 3. The van der Waals surface area contributed by atoms with E-state index in [1.807, 2.05) is 24.3 Å². The normalized spacial score (nSPS) is 17.4. The third kappa shape index (κ3) is 4.17. The molecule has 0 radical (unpaired) electrons. The lowest BCUT2D eigenvalue weighted by molar-refractivity contribution is -0.123. The summed E-state index contributed by atoms with van der Waals surface area (Å²) in [7, 11) is 0. The summed E-state index contributed by atoms with van der Waals surface area (Å²) in [5, 5.41) is 5.42. The van der Waals surface area contributed by atoms with Gasteiger partial charge in [-0.1, -0.05) is 54.6 Å². The maximum Gasteiger partial charge on any atom is 0.244 e. The molecule has 158 valence electrons. The van der Waals surface area contributed by atoms with Crippen molar-refractivity contribution in [1.29, 1.82) is 0 Å². The molecule has 2 aliphatic heterocycles. The summed E-state index contributed by atoms with van der Waals surface area (Å²) in [4.78, 5) is 31.3. The van der Waals surface area contributed by atoms with Crippen molar-refractivity contribution in [2.24, 2.45) is 0 Å². The van der Waals surface area contributed by atoms with Crippen molar-refractivity contribution >= 4 is 34.0 Å². The van der Waals surface area contributed by atoms with Crippen LogP contribution in [0.25, 0.3) is 10.8 Å². The molecule has 3 aromatic rings. The molecule has 0 aromatic heterocycles. The number of amides is 2. The molecule has 6 nitrogen and oxygen atoms in total. The predicted molar refractivity (Wildman–Crippen MR) is 123 cm³/mol. The first-order chi connectivity index (χ1) is 15.2. The average Bonchev–Trinajstić information content (AvgIpc) is 2.80. The number of carbonyl (C=O) groups is 2. The van der Waals surface area contributed by atoms with Crippen LogP contribution < -0.4 is 10.2 Å². The van der Waals surface area contributed by atoms with Crippen LogP contribution in [-0.4, -0.2) is 60.9 Å². The smallest absolute Gasteiger partial charge is 0.244 e. The highest BCUT2D eigenvalue weighted by molar-refractivity contribution is 6.10. The minimum Gasteiger partial charge on any atom is -0.323 e. The molecule has 1 N–H and O–H groups in total. The Hall–Kier alpha value is -3.22. The van der Waals surface area contributed by atoms with E-state index in [9.17, 15) is 9.59 Å². The second kappa shape index (κ2) is 8.49. The number of piperazine rings is 1. The highest BCUT2D eigenvalue weighted by atomic mass is 16.2. The molecule has 5 rings (SSSR count). The molecule has 6 heteroatoms. The van der Waals surface area contributed by atoms with Gasteiger partial charge in [-0.25, -0.2) is 0 Å². The maximum absolute atomic E-state index is 13.0. The first-order valence-electron chi connectivity index (χ1n) is 10.8. The molecule has 31 heavy (non-hydrogen) atoms. The summed E-state index contributed by atoms with van der Waals surface area (Å²) in [6, 6.07) is 22.5. The average molecular weight is 415 g/mol. The van der Waals surface area contributed by atoms with Gasteiger partial charge in [0, 0.05) is 32.7 Å². The van der Waals surface area contributed by atoms with Crippen LogP contribution in [0.5, 0.6) is 0 Å². The van der Waals surface area contributed by atoms with Crippen LogP contribution in [0.4, 0.5) is 11.4 Å². The third-order valence-corrected chi connectivity index (χ3v) is 6.17. The molecule has 1 fully saturated rings. The number of hydrogen-bond donors (Lipinski definition) is 1. The van der Waals surface area contributed by atoms with Crippen LogP contribution in [0.1, 0.15) is 5.56 Å². The van der Waals surface area contributed by atoms with Gasteiger partial charge in [-0.2, -0.15) is 0 Å². The van der Waals surface area contributed by atoms with Gasteiger partial charge in [0.1, 0.15) is 6.54 Å². The maximum atomic E-state index is 13.0.